The fourth-order valence-corrected chi connectivity index (χ4v) is 2.74. The van der Waals surface area contributed by atoms with Gasteiger partial charge < -0.3 is 9.42 Å². The molecule has 1 aliphatic rings. The van der Waals surface area contributed by atoms with Crippen molar-refractivity contribution in [2.75, 3.05) is 11.4 Å². The van der Waals surface area contributed by atoms with Gasteiger partial charge in [-0.15, -0.1) is 0 Å². The number of para-hydroxylation sites is 1. The number of nitrogens with zero attached hydrogens (tertiary/aromatic N) is 4. The predicted octanol–water partition coefficient (Wildman–Crippen LogP) is 2.65. The zero-order valence-corrected chi connectivity index (χ0v) is 12.3. The van der Waals surface area contributed by atoms with Crippen LogP contribution in [0, 0.1) is 0 Å². The average Bonchev–Trinajstić information content (AvgIpc) is 3.23. The Labute approximate surface area is 132 Å². The van der Waals surface area contributed by atoms with Gasteiger partial charge in [-0.05, 0) is 24.3 Å². The van der Waals surface area contributed by atoms with Gasteiger partial charge in [0, 0.05) is 36.6 Å². The third-order valence-electron chi connectivity index (χ3n) is 3.90. The Kier molecular flexibility index (Phi) is 3.34. The maximum absolute atomic E-state index is 12.3. The fourth-order valence-electron chi connectivity index (χ4n) is 2.74. The molecule has 1 fully saturated rings. The third-order valence-corrected chi connectivity index (χ3v) is 3.90. The maximum atomic E-state index is 12.3. The van der Waals surface area contributed by atoms with Gasteiger partial charge in [0.15, 0.2) is 0 Å². The summed E-state index contributed by atoms with van der Waals surface area (Å²) >= 11 is 0. The Hall–Kier alpha value is -3.02. The van der Waals surface area contributed by atoms with Gasteiger partial charge in [0.05, 0.1) is 5.92 Å². The second-order valence-corrected chi connectivity index (χ2v) is 5.44. The second-order valence-electron chi connectivity index (χ2n) is 5.44. The largest absolute Gasteiger partial charge is 0.339 e. The minimum absolute atomic E-state index is 0.0716. The van der Waals surface area contributed by atoms with E-state index >= 15 is 0 Å². The number of pyridine rings is 1. The predicted molar refractivity (Wildman–Crippen MR) is 83.7 cm³/mol. The lowest BCUT2D eigenvalue weighted by atomic mass is 10.1. The van der Waals surface area contributed by atoms with Crippen LogP contribution < -0.4 is 4.90 Å². The minimum atomic E-state index is -0.0828. The molecule has 1 saturated heterocycles. The van der Waals surface area contributed by atoms with Crippen LogP contribution in [0.4, 0.5) is 5.69 Å². The summed E-state index contributed by atoms with van der Waals surface area (Å²) in [5.74, 6) is 0.984. The van der Waals surface area contributed by atoms with E-state index < -0.39 is 0 Å². The lowest BCUT2D eigenvalue weighted by molar-refractivity contribution is -0.117. The molecule has 114 valence electrons. The van der Waals surface area contributed by atoms with Gasteiger partial charge in [-0.25, -0.2) is 0 Å². The molecule has 0 radical (unpaired) electrons. The van der Waals surface area contributed by atoms with Crippen LogP contribution >= 0.6 is 0 Å². The first-order chi connectivity index (χ1) is 11.3. The molecule has 1 aromatic carbocycles. The molecule has 0 saturated carbocycles. The van der Waals surface area contributed by atoms with Gasteiger partial charge in [0.25, 0.3) is 0 Å². The molecule has 6 nitrogen and oxygen atoms in total. The minimum Gasteiger partial charge on any atom is -0.339 e. The van der Waals surface area contributed by atoms with Gasteiger partial charge >= 0.3 is 0 Å². The summed E-state index contributed by atoms with van der Waals surface area (Å²) in [5.41, 5.74) is 1.69. The van der Waals surface area contributed by atoms with Crippen LogP contribution in [0.25, 0.3) is 11.4 Å². The molecule has 2 aromatic heterocycles. The van der Waals surface area contributed by atoms with Crippen LogP contribution in [0.15, 0.2) is 59.4 Å². The summed E-state index contributed by atoms with van der Waals surface area (Å²) in [5, 5.41) is 4.00. The van der Waals surface area contributed by atoms with E-state index in [1.165, 1.54) is 0 Å². The van der Waals surface area contributed by atoms with Crippen molar-refractivity contribution >= 4 is 11.6 Å². The highest BCUT2D eigenvalue weighted by Crippen LogP contribution is 2.31. The number of aromatic nitrogens is 3. The topological polar surface area (TPSA) is 72.1 Å². The lowest BCUT2D eigenvalue weighted by Gasteiger charge is -2.15. The molecular weight excluding hydrogens is 292 g/mol. The van der Waals surface area contributed by atoms with Gasteiger partial charge in [-0.3, -0.25) is 9.78 Å². The van der Waals surface area contributed by atoms with E-state index in [-0.39, 0.29) is 11.8 Å². The molecule has 1 aliphatic heterocycles. The zero-order chi connectivity index (χ0) is 15.6. The van der Waals surface area contributed by atoms with Crippen molar-refractivity contribution in [2.45, 2.75) is 12.3 Å². The number of rotatable bonds is 3. The molecule has 6 heteroatoms. The van der Waals surface area contributed by atoms with Crippen LogP contribution in [0.5, 0.6) is 0 Å². The molecule has 0 bridgehead atoms. The summed E-state index contributed by atoms with van der Waals surface area (Å²) in [6, 6.07) is 13.3. The van der Waals surface area contributed by atoms with E-state index in [4.69, 9.17) is 4.52 Å². The molecule has 3 heterocycles. The first-order valence-electron chi connectivity index (χ1n) is 7.40. The molecule has 4 rings (SSSR count). The zero-order valence-electron chi connectivity index (χ0n) is 12.3. The molecule has 0 N–H and O–H groups in total. The van der Waals surface area contributed by atoms with Crippen LogP contribution in [0.3, 0.4) is 0 Å². The van der Waals surface area contributed by atoms with E-state index in [1.54, 1.807) is 17.3 Å². The molecule has 1 amide bonds. The van der Waals surface area contributed by atoms with E-state index in [2.05, 4.69) is 15.1 Å². The van der Waals surface area contributed by atoms with Crippen LogP contribution in [0.1, 0.15) is 18.2 Å². The standard InChI is InChI=1S/C17H14N4O2/c22-15-9-13(11-21(15)14-6-2-1-3-7-14)17-19-16(20-23-17)12-5-4-8-18-10-12/h1-8,10,13H,9,11H2. The molecule has 1 atom stereocenters. The van der Waals surface area contributed by atoms with Crippen molar-refractivity contribution < 1.29 is 9.32 Å². The normalized spacial score (nSPS) is 17.7. The smallest absolute Gasteiger partial charge is 0.232 e. The van der Waals surface area contributed by atoms with E-state index in [1.807, 2.05) is 42.5 Å². The Morgan fingerprint density at radius 2 is 2.00 bits per heavy atom. The molecular formula is C17H14N4O2. The van der Waals surface area contributed by atoms with E-state index in [0.29, 0.717) is 24.7 Å². The van der Waals surface area contributed by atoms with Crippen LogP contribution in [-0.4, -0.2) is 27.6 Å². The highest BCUT2D eigenvalue weighted by molar-refractivity contribution is 5.96. The summed E-state index contributed by atoms with van der Waals surface area (Å²) in [6.45, 7) is 0.553. The van der Waals surface area contributed by atoms with E-state index in [0.717, 1.165) is 11.3 Å². The third kappa shape index (κ3) is 2.59. The highest BCUT2D eigenvalue weighted by atomic mass is 16.5. The van der Waals surface area contributed by atoms with Crippen molar-refractivity contribution in [2.24, 2.45) is 0 Å². The molecule has 1 unspecified atom stereocenters. The lowest BCUT2D eigenvalue weighted by Crippen LogP contribution is -2.24. The number of hydrogen-bond acceptors (Lipinski definition) is 5. The van der Waals surface area contributed by atoms with Crippen molar-refractivity contribution in [3.8, 4) is 11.4 Å². The maximum Gasteiger partial charge on any atom is 0.232 e. The molecule has 0 aliphatic carbocycles. The summed E-state index contributed by atoms with van der Waals surface area (Å²) in [6.07, 6.45) is 3.76. The van der Waals surface area contributed by atoms with Crippen molar-refractivity contribution in [1.29, 1.82) is 0 Å². The molecule has 0 spiro atoms. The Morgan fingerprint density at radius 1 is 1.13 bits per heavy atom. The number of amides is 1. The number of carbonyl (C=O) groups excluding carboxylic acids is 1. The van der Waals surface area contributed by atoms with Crippen molar-refractivity contribution in [3.63, 3.8) is 0 Å². The quantitative estimate of drug-likeness (QED) is 0.744. The summed E-state index contributed by atoms with van der Waals surface area (Å²) in [4.78, 5) is 22.5. The first kappa shape index (κ1) is 13.6. The van der Waals surface area contributed by atoms with Crippen molar-refractivity contribution in [3.05, 3.63) is 60.7 Å². The Morgan fingerprint density at radius 3 is 2.78 bits per heavy atom. The average molecular weight is 306 g/mol. The molecule has 23 heavy (non-hydrogen) atoms. The Bertz CT molecular complexity index is 817. The number of hydrogen-bond donors (Lipinski definition) is 0. The number of carbonyl (C=O) groups is 1. The van der Waals surface area contributed by atoms with Crippen LogP contribution in [-0.2, 0) is 4.79 Å². The van der Waals surface area contributed by atoms with Gasteiger partial charge in [-0.2, -0.15) is 4.98 Å². The van der Waals surface area contributed by atoms with Gasteiger partial charge in [0.1, 0.15) is 0 Å². The fraction of sp³-hybridized carbons (Fsp3) is 0.176. The molecule has 3 aromatic rings. The monoisotopic (exact) mass is 306 g/mol. The Balaban J connectivity index is 1.56. The second kappa shape index (κ2) is 5.64. The first-order valence-corrected chi connectivity index (χ1v) is 7.40. The number of benzene rings is 1. The van der Waals surface area contributed by atoms with Gasteiger partial charge in [-0.1, -0.05) is 23.4 Å². The van der Waals surface area contributed by atoms with E-state index in [9.17, 15) is 4.79 Å². The summed E-state index contributed by atoms with van der Waals surface area (Å²) < 4.78 is 5.37. The number of anilines is 1. The summed E-state index contributed by atoms with van der Waals surface area (Å²) in [7, 11) is 0. The van der Waals surface area contributed by atoms with Crippen LogP contribution in [0.2, 0.25) is 0 Å². The highest BCUT2D eigenvalue weighted by Gasteiger charge is 2.35. The SMILES string of the molecule is O=C1CC(c2nc(-c3cccnc3)no2)CN1c1ccccc1. The van der Waals surface area contributed by atoms with Crippen molar-refractivity contribution in [1.82, 2.24) is 15.1 Å². The van der Waals surface area contributed by atoms with Gasteiger partial charge in [0.2, 0.25) is 17.6 Å².